The summed E-state index contributed by atoms with van der Waals surface area (Å²) in [6.45, 7) is 11.6. The highest BCUT2D eigenvalue weighted by Crippen LogP contribution is 2.21. The third-order valence-corrected chi connectivity index (χ3v) is 6.74. The van der Waals surface area contributed by atoms with Crippen molar-refractivity contribution in [3.8, 4) is 0 Å². The van der Waals surface area contributed by atoms with Crippen LogP contribution in [0, 0.1) is 0 Å². The van der Waals surface area contributed by atoms with Crippen molar-refractivity contribution in [2.24, 2.45) is 0 Å². The van der Waals surface area contributed by atoms with Gasteiger partial charge < -0.3 is 15.1 Å². The van der Waals surface area contributed by atoms with E-state index in [1.807, 2.05) is 24.3 Å². The lowest BCUT2D eigenvalue weighted by atomic mass is 10.0. The molecule has 7 nitrogen and oxygen atoms in total. The fourth-order valence-corrected chi connectivity index (χ4v) is 4.80. The third kappa shape index (κ3) is 5.84. The summed E-state index contributed by atoms with van der Waals surface area (Å²) in [5.41, 5.74) is 1.44. The molecule has 7 heteroatoms. The van der Waals surface area contributed by atoms with Crippen LogP contribution < -0.4 is 10.2 Å². The number of carbonyl (C=O) groups excluding carboxylic acids is 1. The molecule has 2 aliphatic rings. The smallest absolute Gasteiger partial charge is 0.270 e. The van der Waals surface area contributed by atoms with Gasteiger partial charge in [-0.25, -0.2) is 4.98 Å². The predicted molar refractivity (Wildman–Crippen MR) is 128 cm³/mol. The molecular weight excluding hydrogens is 400 g/mol. The number of piperidine rings is 1. The van der Waals surface area contributed by atoms with E-state index in [0.717, 1.165) is 44.0 Å². The van der Waals surface area contributed by atoms with Crippen LogP contribution in [-0.4, -0.2) is 77.0 Å². The van der Waals surface area contributed by atoms with E-state index in [0.29, 0.717) is 24.3 Å². The van der Waals surface area contributed by atoms with E-state index in [2.05, 4.69) is 38.8 Å². The normalized spacial score (nSPS) is 19.2. The van der Waals surface area contributed by atoms with Crippen LogP contribution in [0.3, 0.4) is 0 Å². The molecule has 0 atom stereocenters. The second-order valence-corrected chi connectivity index (χ2v) is 9.16. The number of likely N-dealkylation sites (tertiary alicyclic amines) is 1. The van der Waals surface area contributed by atoms with Crippen LogP contribution in [0.5, 0.6) is 0 Å². The molecular formula is C25H36N6O. The lowest BCUT2D eigenvalue weighted by Crippen LogP contribution is -2.47. The molecule has 4 heterocycles. The third-order valence-electron chi connectivity index (χ3n) is 6.74. The van der Waals surface area contributed by atoms with Crippen LogP contribution in [0.15, 0.2) is 42.7 Å². The van der Waals surface area contributed by atoms with Crippen molar-refractivity contribution in [2.75, 3.05) is 44.2 Å². The van der Waals surface area contributed by atoms with Gasteiger partial charge in [-0.1, -0.05) is 12.1 Å². The van der Waals surface area contributed by atoms with Gasteiger partial charge in [-0.15, -0.1) is 0 Å². The van der Waals surface area contributed by atoms with Gasteiger partial charge in [0.05, 0.1) is 0 Å². The van der Waals surface area contributed by atoms with Crippen molar-refractivity contribution in [3.63, 3.8) is 0 Å². The van der Waals surface area contributed by atoms with E-state index in [4.69, 9.17) is 4.98 Å². The molecule has 0 unspecified atom stereocenters. The fourth-order valence-electron chi connectivity index (χ4n) is 4.80. The summed E-state index contributed by atoms with van der Waals surface area (Å²) in [7, 11) is 0. The van der Waals surface area contributed by atoms with E-state index in [9.17, 15) is 4.79 Å². The molecule has 0 spiro atoms. The first-order valence-electron chi connectivity index (χ1n) is 12.0. The van der Waals surface area contributed by atoms with Crippen LogP contribution in [-0.2, 0) is 6.54 Å². The second-order valence-electron chi connectivity index (χ2n) is 9.16. The topological polar surface area (TPSA) is 64.6 Å². The summed E-state index contributed by atoms with van der Waals surface area (Å²) < 4.78 is 0. The van der Waals surface area contributed by atoms with E-state index in [1.165, 1.54) is 25.9 Å². The van der Waals surface area contributed by atoms with Crippen molar-refractivity contribution in [1.29, 1.82) is 0 Å². The van der Waals surface area contributed by atoms with Gasteiger partial charge >= 0.3 is 0 Å². The maximum absolute atomic E-state index is 12.6. The van der Waals surface area contributed by atoms with Gasteiger partial charge in [0.2, 0.25) is 0 Å². The van der Waals surface area contributed by atoms with Crippen LogP contribution in [0.1, 0.15) is 49.2 Å². The van der Waals surface area contributed by atoms with Gasteiger partial charge in [0.1, 0.15) is 11.5 Å². The highest BCUT2D eigenvalue weighted by Gasteiger charge is 2.27. The maximum atomic E-state index is 12.6. The highest BCUT2D eigenvalue weighted by molar-refractivity contribution is 5.92. The number of aromatic nitrogens is 2. The summed E-state index contributed by atoms with van der Waals surface area (Å²) in [6.07, 6.45) is 7.16. The zero-order valence-corrected chi connectivity index (χ0v) is 19.4. The molecule has 2 aromatic rings. The average molecular weight is 437 g/mol. The van der Waals surface area contributed by atoms with Gasteiger partial charge in [0.15, 0.2) is 0 Å². The van der Waals surface area contributed by atoms with Crippen molar-refractivity contribution >= 4 is 11.7 Å². The Balaban J connectivity index is 1.32. The van der Waals surface area contributed by atoms with Gasteiger partial charge in [-0.3, -0.25) is 14.7 Å². The lowest BCUT2D eigenvalue weighted by Gasteiger charge is -2.39. The number of amides is 1. The molecule has 0 bridgehead atoms. The van der Waals surface area contributed by atoms with Crippen molar-refractivity contribution in [3.05, 3.63) is 54.0 Å². The molecule has 0 radical (unpaired) electrons. The maximum Gasteiger partial charge on any atom is 0.270 e. The first kappa shape index (κ1) is 22.7. The molecule has 0 saturated carbocycles. The van der Waals surface area contributed by atoms with E-state index in [-0.39, 0.29) is 5.91 Å². The number of rotatable bonds is 6. The Morgan fingerprint density at radius 1 is 1.06 bits per heavy atom. The number of anilines is 1. The Morgan fingerprint density at radius 2 is 1.91 bits per heavy atom. The van der Waals surface area contributed by atoms with Gasteiger partial charge in [-0.2, -0.15) is 0 Å². The largest absolute Gasteiger partial charge is 0.355 e. The zero-order chi connectivity index (χ0) is 22.3. The summed E-state index contributed by atoms with van der Waals surface area (Å²) in [5, 5.41) is 2.95. The standard InChI is InChI=1S/C25H36N6O/c1-20(2)29-14-9-22(10-15-29)30-12-5-13-31(17-16-30)24-8-3-7-23(28-24)25(32)27-19-21-6-4-11-26-18-21/h3-4,6-8,11,18,20,22H,5,9-10,12-17,19H2,1-2H3,(H,27,32). The highest BCUT2D eigenvalue weighted by atomic mass is 16.1. The molecule has 2 aliphatic heterocycles. The van der Waals surface area contributed by atoms with E-state index >= 15 is 0 Å². The summed E-state index contributed by atoms with van der Waals surface area (Å²) in [5.74, 6) is 0.750. The minimum Gasteiger partial charge on any atom is -0.355 e. The number of nitrogens with one attached hydrogen (secondary N) is 1. The van der Waals surface area contributed by atoms with Crippen LogP contribution in [0.25, 0.3) is 0 Å². The molecule has 0 aliphatic carbocycles. The average Bonchev–Trinajstić information content (AvgIpc) is 3.10. The second kappa shape index (κ2) is 10.9. The molecule has 1 amide bonds. The minimum absolute atomic E-state index is 0.149. The molecule has 2 saturated heterocycles. The van der Waals surface area contributed by atoms with E-state index < -0.39 is 0 Å². The first-order chi connectivity index (χ1) is 15.6. The minimum atomic E-state index is -0.149. The number of hydrogen-bond acceptors (Lipinski definition) is 6. The number of nitrogens with zero attached hydrogens (tertiary/aromatic N) is 5. The molecule has 2 fully saturated rings. The van der Waals surface area contributed by atoms with Crippen LogP contribution >= 0.6 is 0 Å². The molecule has 4 rings (SSSR count). The molecule has 0 aromatic carbocycles. The molecule has 172 valence electrons. The Labute approximate surface area is 191 Å². The quantitative estimate of drug-likeness (QED) is 0.751. The summed E-state index contributed by atoms with van der Waals surface area (Å²) >= 11 is 0. The first-order valence-corrected chi connectivity index (χ1v) is 12.0. The molecule has 1 N–H and O–H groups in total. The number of carbonyl (C=O) groups is 1. The Morgan fingerprint density at radius 3 is 2.66 bits per heavy atom. The summed E-state index contributed by atoms with van der Waals surface area (Å²) in [4.78, 5) is 29.0. The van der Waals surface area contributed by atoms with Crippen molar-refractivity contribution in [1.82, 2.24) is 25.1 Å². The van der Waals surface area contributed by atoms with Gasteiger partial charge in [0.25, 0.3) is 5.91 Å². The van der Waals surface area contributed by atoms with Crippen LogP contribution in [0.4, 0.5) is 5.82 Å². The van der Waals surface area contributed by atoms with Crippen molar-refractivity contribution in [2.45, 2.75) is 51.7 Å². The Bertz CT molecular complexity index is 866. The predicted octanol–water partition coefficient (Wildman–Crippen LogP) is 2.79. The van der Waals surface area contributed by atoms with Gasteiger partial charge in [-0.05, 0) is 70.0 Å². The Hall–Kier alpha value is -2.51. The molecule has 32 heavy (non-hydrogen) atoms. The number of hydrogen-bond donors (Lipinski definition) is 1. The Kier molecular flexibility index (Phi) is 7.71. The van der Waals surface area contributed by atoms with Crippen molar-refractivity contribution < 1.29 is 4.79 Å². The fraction of sp³-hybridized carbons (Fsp3) is 0.560. The molecule has 2 aromatic heterocycles. The van der Waals surface area contributed by atoms with E-state index in [1.54, 1.807) is 18.5 Å². The monoisotopic (exact) mass is 436 g/mol. The summed E-state index contributed by atoms with van der Waals surface area (Å²) in [6, 6.07) is 10.9. The van der Waals surface area contributed by atoms with Gasteiger partial charge in [0, 0.05) is 57.2 Å². The van der Waals surface area contributed by atoms with Crippen LogP contribution in [0.2, 0.25) is 0 Å². The zero-order valence-electron chi connectivity index (χ0n) is 19.4. The lowest BCUT2D eigenvalue weighted by molar-refractivity contribution is 0.0946. The number of pyridine rings is 2. The SMILES string of the molecule is CC(C)N1CCC(N2CCCN(c3cccc(C(=O)NCc4cccnc4)n3)CC2)CC1.